The Balaban J connectivity index is 1.44. The van der Waals surface area contributed by atoms with Crippen LogP contribution >= 0.6 is 11.8 Å². The van der Waals surface area contributed by atoms with Gasteiger partial charge in [0.25, 0.3) is 0 Å². The highest BCUT2D eigenvalue weighted by Crippen LogP contribution is 2.46. The smallest absolute Gasteiger partial charge is 0.184 e. The lowest BCUT2D eigenvalue weighted by atomic mass is 9.68. The fraction of sp³-hybridized carbons (Fsp3) is 0.542. The first-order chi connectivity index (χ1) is 14.5. The fourth-order valence-corrected chi connectivity index (χ4v) is 5.98. The van der Waals surface area contributed by atoms with Crippen molar-refractivity contribution in [2.24, 2.45) is 11.3 Å². The first kappa shape index (κ1) is 19.9. The van der Waals surface area contributed by atoms with Crippen molar-refractivity contribution < 1.29 is 0 Å². The predicted octanol–water partition coefficient (Wildman–Crippen LogP) is 5.41. The van der Waals surface area contributed by atoms with E-state index in [4.69, 9.17) is 10.1 Å². The van der Waals surface area contributed by atoms with Gasteiger partial charge in [-0.1, -0.05) is 51.1 Å². The van der Waals surface area contributed by atoms with Crippen molar-refractivity contribution >= 4 is 11.8 Å². The number of aromatic nitrogens is 5. The quantitative estimate of drug-likeness (QED) is 0.553. The average molecular weight is 422 g/mol. The predicted molar refractivity (Wildman–Crippen MR) is 123 cm³/mol. The molecule has 158 valence electrons. The van der Waals surface area contributed by atoms with Crippen LogP contribution in [-0.4, -0.2) is 36.1 Å². The van der Waals surface area contributed by atoms with Gasteiger partial charge in [-0.3, -0.25) is 4.68 Å². The Hall–Kier alpha value is -2.08. The van der Waals surface area contributed by atoms with Gasteiger partial charge in [0.05, 0.1) is 24.3 Å². The summed E-state index contributed by atoms with van der Waals surface area (Å²) in [5.41, 5.74) is 2.63. The molecule has 2 atom stereocenters. The number of rotatable bonds is 5. The summed E-state index contributed by atoms with van der Waals surface area (Å²) < 4.78 is 4.25. The van der Waals surface area contributed by atoms with E-state index in [9.17, 15) is 0 Å². The van der Waals surface area contributed by atoms with Gasteiger partial charge >= 0.3 is 0 Å². The minimum atomic E-state index is 0.369. The lowest BCUT2D eigenvalue weighted by Gasteiger charge is -2.39. The van der Waals surface area contributed by atoms with Gasteiger partial charge in [0.1, 0.15) is 5.82 Å². The van der Waals surface area contributed by atoms with Crippen molar-refractivity contribution in [1.82, 2.24) is 24.5 Å². The second-order valence-electron chi connectivity index (χ2n) is 9.95. The molecule has 2 aromatic heterocycles. The molecule has 1 aromatic carbocycles. The Morgan fingerprint density at radius 3 is 2.63 bits per heavy atom. The topological polar surface area (TPSA) is 48.5 Å². The molecule has 1 aliphatic heterocycles. The maximum Gasteiger partial charge on any atom is 0.184 e. The lowest BCUT2D eigenvalue weighted by molar-refractivity contribution is 0.161. The Labute approximate surface area is 183 Å². The van der Waals surface area contributed by atoms with Crippen LogP contribution in [0.3, 0.4) is 0 Å². The molecule has 2 fully saturated rings. The van der Waals surface area contributed by atoms with Crippen molar-refractivity contribution in [3.63, 3.8) is 0 Å². The van der Waals surface area contributed by atoms with Crippen LogP contribution in [0, 0.1) is 11.3 Å². The standard InChI is InChI=1S/C24H31N5S/c1-17-9-19(11-24(2,3)10-17)23-26-22(27-29(23)21-15-30-16-21)20-12-25-28(14-20)13-18-7-5-4-6-8-18/h4-8,12,14,17,19,21H,9-11,13,15-16H2,1-3H3/t17-,19+/m1/s1. The maximum absolute atomic E-state index is 5.12. The van der Waals surface area contributed by atoms with Crippen molar-refractivity contribution in [3.05, 3.63) is 54.1 Å². The zero-order chi connectivity index (χ0) is 20.7. The van der Waals surface area contributed by atoms with Crippen LogP contribution in [0.15, 0.2) is 42.7 Å². The summed E-state index contributed by atoms with van der Waals surface area (Å²) in [6, 6.07) is 10.9. The van der Waals surface area contributed by atoms with Crippen LogP contribution < -0.4 is 0 Å². The Morgan fingerprint density at radius 1 is 1.13 bits per heavy atom. The van der Waals surface area contributed by atoms with Gasteiger partial charge in [-0.25, -0.2) is 9.67 Å². The van der Waals surface area contributed by atoms with Crippen molar-refractivity contribution in [2.75, 3.05) is 11.5 Å². The highest BCUT2D eigenvalue weighted by Gasteiger charge is 2.37. The van der Waals surface area contributed by atoms with E-state index in [-0.39, 0.29) is 0 Å². The van der Waals surface area contributed by atoms with Crippen LogP contribution in [0.25, 0.3) is 11.4 Å². The van der Waals surface area contributed by atoms with Crippen LogP contribution in [0.1, 0.15) is 63.4 Å². The van der Waals surface area contributed by atoms with E-state index in [1.807, 2.05) is 28.7 Å². The monoisotopic (exact) mass is 421 g/mol. The van der Waals surface area contributed by atoms with Gasteiger partial charge in [0.2, 0.25) is 0 Å². The molecule has 0 bridgehead atoms. The third-order valence-corrected chi connectivity index (χ3v) is 7.70. The number of nitrogens with zero attached hydrogens (tertiary/aromatic N) is 5. The zero-order valence-corrected chi connectivity index (χ0v) is 19.0. The van der Waals surface area contributed by atoms with E-state index < -0.39 is 0 Å². The Bertz CT molecular complexity index is 1000. The summed E-state index contributed by atoms with van der Waals surface area (Å²) in [6.45, 7) is 7.97. The van der Waals surface area contributed by atoms with Gasteiger partial charge in [0.15, 0.2) is 5.82 Å². The summed E-state index contributed by atoms with van der Waals surface area (Å²) in [6.07, 6.45) is 7.71. The molecule has 0 radical (unpaired) electrons. The molecule has 0 unspecified atom stereocenters. The minimum Gasteiger partial charge on any atom is -0.268 e. The molecule has 0 N–H and O–H groups in total. The zero-order valence-electron chi connectivity index (χ0n) is 18.2. The van der Waals surface area contributed by atoms with Crippen LogP contribution in [0.2, 0.25) is 0 Å². The molecule has 5 nitrogen and oxygen atoms in total. The SMILES string of the molecule is C[C@@H]1C[C@H](c2nc(-c3cnn(Cc4ccccc4)c3)nn2C2CSC2)CC(C)(C)C1. The molecule has 3 aromatic rings. The third-order valence-electron chi connectivity index (χ3n) is 6.45. The van der Waals surface area contributed by atoms with Gasteiger partial charge in [-0.05, 0) is 36.2 Å². The van der Waals surface area contributed by atoms with E-state index in [0.717, 1.165) is 35.4 Å². The van der Waals surface area contributed by atoms with Crippen molar-refractivity contribution in [2.45, 2.75) is 58.5 Å². The average Bonchev–Trinajstić information content (AvgIpc) is 3.27. The summed E-state index contributed by atoms with van der Waals surface area (Å²) in [5, 5.41) is 9.59. The van der Waals surface area contributed by atoms with E-state index in [1.54, 1.807) is 0 Å². The molecule has 1 saturated carbocycles. The van der Waals surface area contributed by atoms with Crippen molar-refractivity contribution in [1.29, 1.82) is 0 Å². The molecule has 6 heteroatoms. The number of thioether (sulfide) groups is 1. The molecular weight excluding hydrogens is 390 g/mol. The van der Waals surface area contributed by atoms with Gasteiger partial charge in [-0.15, -0.1) is 0 Å². The first-order valence-electron chi connectivity index (χ1n) is 11.1. The third kappa shape index (κ3) is 4.07. The summed E-state index contributed by atoms with van der Waals surface area (Å²) >= 11 is 2.00. The van der Waals surface area contributed by atoms with Gasteiger partial charge in [0, 0.05) is 23.6 Å². The number of hydrogen-bond donors (Lipinski definition) is 0. The van der Waals surface area contributed by atoms with Gasteiger partial charge in [-0.2, -0.15) is 22.0 Å². The second kappa shape index (κ2) is 7.88. The molecule has 5 rings (SSSR count). The molecule has 30 heavy (non-hydrogen) atoms. The molecule has 1 aliphatic carbocycles. The molecule has 0 spiro atoms. The van der Waals surface area contributed by atoms with Gasteiger partial charge < -0.3 is 0 Å². The molecule has 1 saturated heterocycles. The fourth-order valence-electron chi connectivity index (χ4n) is 5.25. The van der Waals surface area contributed by atoms with E-state index in [2.05, 4.69) is 61.0 Å². The normalized spacial score (nSPS) is 24.0. The second-order valence-corrected chi connectivity index (χ2v) is 11.0. The lowest BCUT2D eigenvalue weighted by Crippen LogP contribution is -2.31. The first-order valence-corrected chi connectivity index (χ1v) is 12.2. The van der Waals surface area contributed by atoms with E-state index in [1.165, 1.54) is 30.7 Å². The van der Waals surface area contributed by atoms with Crippen LogP contribution in [-0.2, 0) is 6.54 Å². The Kier molecular flexibility index (Phi) is 5.21. The summed E-state index contributed by atoms with van der Waals surface area (Å²) in [4.78, 5) is 5.12. The van der Waals surface area contributed by atoms with E-state index in [0.29, 0.717) is 17.4 Å². The van der Waals surface area contributed by atoms with Crippen molar-refractivity contribution in [3.8, 4) is 11.4 Å². The maximum atomic E-state index is 5.12. The summed E-state index contributed by atoms with van der Waals surface area (Å²) in [7, 11) is 0. The van der Waals surface area contributed by atoms with Crippen LogP contribution in [0.5, 0.6) is 0 Å². The number of benzene rings is 1. The van der Waals surface area contributed by atoms with Crippen LogP contribution in [0.4, 0.5) is 0 Å². The highest BCUT2D eigenvalue weighted by atomic mass is 32.2. The Morgan fingerprint density at radius 2 is 1.93 bits per heavy atom. The molecular formula is C24H31N5S. The number of hydrogen-bond acceptors (Lipinski definition) is 4. The highest BCUT2D eigenvalue weighted by molar-refractivity contribution is 8.00. The molecule has 0 amide bonds. The molecule has 2 aliphatic rings. The van der Waals surface area contributed by atoms with E-state index >= 15 is 0 Å². The largest absolute Gasteiger partial charge is 0.268 e. The minimum absolute atomic E-state index is 0.369. The molecule has 3 heterocycles. The summed E-state index contributed by atoms with van der Waals surface area (Å²) in [5.74, 6) is 5.55.